The van der Waals surface area contributed by atoms with Crippen molar-refractivity contribution in [1.29, 1.82) is 0 Å². The molecule has 2 fully saturated rings. The van der Waals surface area contributed by atoms with Gasteiger partial charge in [0, 0.05) is 37.3 Å². The molecule has 2 saturated heterocycles. The molecule has 0 aliphatic carbocycles. The summed E-state index contributed by atoms with van der Waals surface area (Å²) in [6, 6.07) is 0. The average molecular weight is 293 g/mol. The molecule has 0 aromatic heterocycles. The number of halogens is 1. The fourth-order valence-corrected chi connectivity index (χ4v) is 2.25. The van der Waals surface area contributed by atoms with Crippen molar-refractivity contribution in [2.24, 2.45) is 5.92 Å². The molecule has 1 N–H and O–H groups in total. The molecular weight excluding hydrogens is 260 g/mol. The van der Waals surface area contributed by atoms with Crippen LogP contribution in [0, 0.1) is 5.92 Å². The first-order valence-corrected chi connectivity index (χ1v) is 7.18. The van der Waals surface area contributed by atoms with E-state index in [1.165, 1.54) is 13.1 Å². The Morgan fingerprint density at radius 2 is 1.11 bits per heavy atom. The maximum atomic E-state index is 8.94. The van der Waals surface area contributed by atoms with Gasteiger partial charge in [0.2, 0.25) is 0 Å². The maximum absolute atomic E-state index is 8.94. The first-order valence-electron chi connectivity index (χ1n) is 7.18. The van der Waals surface area contributed by atoms with Gasteiger partial charge in [0.05, 0.1) is 6.10 Å². The van der Waals surface area contributed by atoms with Gasteiger partial charge in [0.15, 0.2) is 0 Å². The molecule has 3 nitrogen and oxygen atoms in total. The molecule has 0 bridgehead atoms. The zero-order valence-electron chi connectivity index (χ0n) is 13.7. The second-order valence-electron chi connectivity index (χ2n) is 7.91. The molecule has 0 radical (unpaired) electrons. The highest BCUT2D eigenvalue weighted by Crippen LogP contribution is 2.24. The third-order valence-corrected chi connectivity index (χ3v) is 3.82. The van der Waals surface area contributed by atoms with Crippen LogP contribution in [0.5, 0.6) is 0 Å². The van der Waals surface area contributed by atoms with Gasteiger partial charge in [0.1, 0.15) is 0 Å². The number of likely N-dealkylation sites (tertiary alicyclic amines) is 2. The van der Waals surface area contributed by atoms with Crippen LogP contribution in [-0.2, 0) is 0 Å². The minimum atomic E-state index is -0.0655. The molecule has 19 heavy (non-hydrogen) atoms. The molecule has 2 aliphatic rings. The van der Waals surface area contributed by atoms with Crippen molar-refractivity contribution < 1.29 is 5.11 Å². The Morgan fingerprint density at radius 3 is 1.21 bits per heavy atom. The van der Waals surface area contributed by atoms with Gasteiger partial charge in [-0.1, -0.05) is 6.92 Å². The van der Waals surface area contributed by atoms with Crippen LogP contribution in [0.1, 0.15) is 48.5 Å². The monoisotopic (exact) mass is 292 g/mol. The second kappa shape index (κ2) is 6.75. The molecule has 0 atom stereocenters. The summed E-state index contributed by atoms with van der Waals surface area (Å²) in [4.78, 5) is 4.77. The molecule has 0 spiro atoms. The summed E-state index contributed by atoms with van der Waals surface area (Å²) >= 11 is 0. The Hall–Kier alpha value is 0.170. The summed E-state index contributed by atoms with van der Waals surface area (Å²) in [5.41, 5.74) is 0.658. The highest BCUT2D eigenvalue weighted by Gasteiger charge is 2.32. The molecule has 0 aromatic carbocycles. The number of aliphatic hydroxyl groups is 1. The van der Waals surface area contributed by atoms with E-state index < -0.39 is 0 Å². The van der Waals surface area contributed by atoms with Gasteiger partial charge in [-0.3, -0.25) is 9.80 Å². The molecule has 4 heteroatoms. The predicted molar refractivity (Wildman–Crippen MR) is 85.1 cm³/mol. The molecule has 2 aliphatic heterocycles. The van der Waals surface area contributed by atoms with E-state index >= 15 is 0 Å². The molecule has 116 valence electrons. The highest BCUT2D eigenvalue weighted by atomic mass is 35.5. The van der Waals surface area contributed by atoms with Crippen LogP contribution < -0.4 is 0 Å². The largest absolute Gasteiger partial charge is 0.390 e. The van der Waals surface area contributed by atoms with E-state index in [2.05, 4.69) is 58.3 Å². The molecule has 0 saturated carbocycles. The van der Waals surface area contributed by atoms with E-state index in [4.69, 9.17) is 5.11 Å². The first-order chi connectivity index (χ1) is 8.00. The molecule has 0 unspecified atom stereocenters. The lowest BCUT2D eigenvalue weighted by molar-refractivity contribution is -0.0485. The van der Waals surface area contributed by atoms with Crippen molar-refractivity contribution >= 4 is 12.4 Å². The number of aliphatic hydroxyl groups excluding tert-OH is 1. The molecule has 2 rings (SSSR count). The molecular formula is C15H33ClN2O. The van der Waals surface area contributed by atoms with Crippen LogP contribution in [0.15, 0.2) is 0 Å². The number of nitrogens with zero attached hydrogens (tertiary/aromatic N) is 2. The van der Waals surface area contributed by atoms with E-state index in [1.54, 1.807) is 0 Å². The van der Waals surface area contributed by atoms with E-state index in [0.717, 1.165) is 19.0 Å². The summed E-state index contributed by atoms with van der Waals surface area (Å²) < 4.78 is 0. The number of hydrogen-bond donors (Lipinski definition) is 1. The summed E-state index contributed by atoms with van der Waals surface area (Å²) in [5.74, 6) is 0.934. The van der Waals surface area contributed by atoms with Crippen LogP contribution in [0.4, 0.5) is 0 Å². The van der Waals surface area contributed by atoms with Crippen molar-refractivity contribution in [2.45, 2.75) is 65.6 Å². The summed E-state index contributed by atoms with van der Waals surface area (Å²) in [6.45, 7) is 19.9. The lowest BCUT2D eigenvalue weighted by atomic mass is 9.94. The molecule has 0 amide bonds. The van der Waals surface area contributed by atoms with Gasteiger partial charge < -0.3 is 5.11 Å². The Morgan fingerprint density at radius 1 is 0.789 bits per heavy atom. The lowest BCUT2D eigenvalue weighted by Crippen LogP contribution is -2.58. The average Bonchev–Trinajstić information content (AvgIpc) is 2.05. The number of hydrogen-bond acceptors (Lipinski definition) is 3. The van der Waals surface area contributed by atoms with Crippen LogP contribution in [-0.4, -0.2) is 58.3 Å². The third-order valence-electron chi connectivity index (χ3n) is 3.82. The standard InChI is InChI=1S/C8H17N.C7H15NO.ClH/c1-7-5-9(6-7)8(2,3)4;1-7(2,3)8-4-6(9)5-8;/h7H,5-6H2,1-4H3;6,9H,4-5H2,1-3H3;1H. The Balaban J connectivity index is 0.000000324. The number of rotatable bonds is 0. The van der Waals surface area contributed by atoms with Gasteiger partial charge in [-0.2, -0.15) is 0 Å². The van der Waals surface area contributed by atoms with Gasteiger partial charge in [-0.05, 0) is 47.5 Å². The zero-order valence-corrected chi connectivity index (χ0v) is 14.5. The van der Waals surface area contributed by atoms with Crippen molar-refractivity contribution in [3.63, 3.8) is 0 Å². The quantitative estimate of drug-likeness (QED) is 0.743. The Bertz CT molecular complexity index is 230. The topological polar surface area (TPSA) is 26.7 Å². The molecule has 0 aromatic rings. The normalized spacial score (nSPS) is 22.7. The minimum Gasteiger partial charge on any atom is -0.390 e. The van der Waals surface area contributed by atoms with Gasteiger partial charge in [-0.15, -0.1) is 12.4 Å². The SMILES string of the molecule is CC(C)(C)N1CC(O)C1.CC1CN(C(C)(C)C)C1.Cl. The first kappa shape index (κ1) is 19.2. The van der Waals surface area contributed by atoms with Crippen molar-refractivity contribution in [2.75, 3.05) is 26.2 Å². The smallest absolute Gasteiger partial charge is 0.0794 e. The van der Waals surface area contributed by atoms with E-state index in [0.29, 0.717) is 5.54 Å². The van der Waals surface area contributed by atoms with Gasteiger partial charge >= 0.3 is 0 Å². The Kier molecular flexibility index (Phi) is 6.81. The van der Waals surface area contributed by atoms with Crippen LogP contribution in [0.2, 0.25) is 0 Å². The fourth-order valence-electron chi connectivity index (χ4n) is 2.25. The predicted octanol–water partition coefficient (Wildman–Crippen LogP) is 2.62. The molecule has 2 heterocycles. The second-order valence-corrected chi connectivity index (χ2v) is 7.91. The van der Waals surface area contributed by atoms with E-state index in [-0.39, 0.29) is 24.0 Å². The van der Waals surface area contributed by atoms with Crippen LogP contribution >= 0.6 is 12.4 Å². The van der Waals surface area contributed by atoms with Crippen molar-refractivity contribution in [3.05, 3.63) is 0 Å². The summed E-state index contributed by atoms with van der Waals surface area (Å²) in [7, 11) is 0. The maximum Gasteiger partial charge on any atom is 0.0794 e. The summed E-state index contributed by atoms with van der Waals surface area (Å²) in [6.07, 6.45) is -0.0655. The van der Waals surface area contributed by atoms with Crippen molar-refractivity contribution in [3.8, 4) is 0 Å². The minimum absolute atomic E-state index is 0. The number of β-amino-alcohol motifs (C(OH)–C–C–N with tert-alkyl or cyclic N) is 1. The van der Waals surface area contributed by atoms with Crippen molar-refractivity contribution in [1.82, 2.24) is 9.80 Å². The highest BCUT2D eigenvalue weighted by molar-refractivity contribution is 5.85. The third kappa shape index (κ3) is 5.99. The summed E-state index contributed by atoms with van der Waals surface area (Å²) in [5, 5.41) is 8.94. The lowest BCUT2D eigenvalue weighted by Gasteiger charge is -2.46. The van der Waals surface area contributed by atoms with E-state index in [1.807, 2.05) is 0 Å². The van der Waals surface area contributed by atoms with Crippen LogP contribution in [0.3, 0.4) is 0 Å². The van der Waals surface area contributed by atoms with E-state index in [9.17, 15) is 0 Å². The Labute approximate surface area is 125 Å². The van der Waals surface area contributed by atoms with Gasteiger partial charge in [0.25, 0.3) is 0 Å². The van der Waals surface area contributed by atoms with Gasteiger partial charge in [-0.25, -0.2) is 0 Å². The van der Waals surface area contributed by atoms with Crippen LogP contribution in [0.25, 0.3) is 0 Å². The fraction of sp³-hybridized carbons (Fsp3) is 1.00. The zero-order chi connectivity index (χ0) is 14.1.